The Kier molecular flexibility index (Phi) is 4.77. The minimum absolute atomic E-state index is 0.0187. The molecule has 0 unspecified atom stereocenters. The summed E-state index contributed by atoms with van der Waals surface area (Å²) in [7, 11) is 0. The van der Waals surface area contributed by atoms with Crippen molar-refractivity contribution in [2.24, 2.45) is 0 Å². The quantitative estimate of drug-likeness (QED) is 0.860. The van der Waals surface area contributed by atoms with Crippen LogP contribution in [0.5, 0.6) is 0 Å². The Morgan fingerprint density at radius 1 is 1.20 bits per heavy atom. The molecule has 1 N–H and O–H groups in total. The Morgan fingerprint density at radius 2 is 1.85 bits per heavy atom. The van der Waals surface area contributed by atoms with E-state index >= 15 is 0 Å². The maximum absolute atomic E-state index is 11.9. The van der Waals surface area contributed by atoms with Crippen LogP contribution in [0.2, 0.25) is 0 Å². The molecular formula is C14H12Br2N2O2. The van der Waals surface area contributed by atoms with Crippen LogP contribution in [0.15, 0.2) is 50.3 Å². The molecule has 0 aliphatic rings. The average Bonchev–Trinajstić information content (AvgIpc) is 2.38. The minimum Gasteiger partial charge on any atom is -0.325 e. The molecule has 0 fully saturated rings. The zero-order valence-electron chi connectivity index (χ0n) is 10.7. The summed E-state index contributed by atoms with van der Waals surface area (Å²) in [4.78, 5) is 23.9. The van der Waals surface area contributed by atoms with E-state index in [-0.39, 0.29) is 18.0 Å². The fourth-order valence-electron chi connectivity index (χ4n) is 1.75. The van der Waals surface area contributed by atoms with Crippen LogP contribution >= 0.6 is 31.9 Å². The number of carbonyl (C=O) groups excluding carboxylic acids is 1. The molecule has 0 spiro atoms. The maximum atomic E-state index is 11.9. The average molecular weight is 400 g/mol. The summed E-state index contributed by atoms with van der Waals surface area (Å²) in [6, 6.07) is 8.98. The molecule has 2 aromatic rings. The molecule has 1 amide bonds. The van der Waals surface area contributed by atoms with Crippen LogP contribution in [-0.2, 0) is 11.3 Å². The van der Waals surface area contributed by atoms with Crippen molar-refractivity contribution in [2.75, 3.05) is 5.32 Å². The predicted octanol–water partition coefficient (Wildman–Crippen LogP) is 3.32. The molecule has 6 heteroatoms. The lowest BCUT2D eigenvalue weighted by atomic mass is 10.3. The molecule has 1 aromatic carbocycles. The van der Waals surface area contributed by atoms with E-state index in [1.165, 1.54) is 4.57 Å². The number of pyridine rings is 1. The van der Waals surface area contributed by atoms with Crippen molar-refractivity contribution >= 4 is 43.5 Å². The van der Waals surface area contributed by atoms with Gasteiger partial charge in [-0.3, -0.25) is 9.59 Å². The topological polar surface area (TPSA) is 51.1 Å². The van der Waals surface area contributed by atoms with Gasteiger partial charge in [-0.2, -0.15) is 0 Å². The second-order valence-corrected chi connectivity index (χ2v) is 6.16. The molecule has 0 saturated carbocycles. The highest BCUT2D eigenvalue weighted by Crippen LogP contribution is 2.14. The lowest BCUT2D eigenvalue weighted by Gasteiger charge is -2.09. The van der Waals surface area contributed by atoms with Gasteiger partial charge in [0.15, 0.2) is 0 Å². The van der Waals surface area contributed by atoms with E-state index in [1.54, 1.807) is 31.3 Å². The number of anilines is 1. The van der Waals surface area contributed by atoms with Gasteiger partial charge in [0.25, 0.3) is 5.56 Å². The van der Waals surface area contributed by atoms with Gasteiger partial charge in [0.05, 0.1) is 0 Å². The van der Waals surface area contributed by atoms with Crippen LogP contribution in [0.1, 0.15) is 5.56 Å². The smallest absolute Gasteiger partial charge is 0.253 e. The highest BCUT2D eigenvalue weighted by atomic mass is 79.9. The molecule has 0 atom stereocenters. The molecule has 4 nitrogen and oxygen atoms in total. The molecule has 0 bridgehead atoms. The van der Waals surface area contributed by atoms with Gasteiger partial charge in [-0.25, -0.2) is 0 Å². The van der Waals surface area contributed by atoms with Gasteiger partial charge < -0.3 is 9.88 Å². The van der Waals surface area contributed by atoms with Crippen LogP contribution in [0, 0.1) is 6.92 Å². The first-order chi connectivity index (χ1) is 9.45. The van der Waals surface area contributed by atoms with Gasteiger partial charge >= 0.3 is 0 Å². The van der Waals surface area contributed by atoms with Gasteiger partial charge in [-0.15, -0.1) is 0 Å². The van der Waals surface area contributed by atoms with Crippen molar-refractivity contribution < 1.29 is 4.79 Å². The Bertz CT molecular complexity index is 693. The monoisotopic (exact) mass is 398 g/mol. The highest BCUT2D eigenvalue weighted by Gasteiger charge is 2.07. The fourth-order valence-corrected chi connectivity index (χ4v) is 2.60. The molecular weight excluding hydrogens is 388 g/mol. The van der Waals surface area contributed by atoms with Gasteiger partial charge in [0.2, 0.25) is 5.91 Å². The zero-order valence-corrected chi connectivity index (χ0v) is 13.9. The van der Waals surface area contributed by atoms with Gasteiger partial charge in [0, 0.05) is 26.4 Å². The first-order valence-electron chi connectivity index (χ1n) is 5.88. The van der Waals surface area contributed by atoms with Crippen LogP contribution in [0.3, 0.4) is 0 Å². The lowest BCUT2D eigenvalue weighted by molar-refractivity contribution is -0.116. The summed E-state index contributed by atoms with van der Waals surface area (Å²) in [5.74, 6) is -0.244. The molecule has 0 radical (unpaired) electrons. The third kappa shape index (κ3) is 3.80. The number of rotatable bonds is 3. The summed E-state index contributed by atoms with van der Waals surface area (Å²) in [5, 5.41) is 2.75. The number of halogens is 2. The van der Waals surface area contributed by atoms with Gasteiger partial charge in [0.1, 0.15) is 6.54 Å². The first kappa shape index (κ1) is 15.0. The highest BCUT2D eigenvalue weighted by molar-refractivity contribution is 9.10. The van der Waals surface area contributed by atoms with Crippen molar-refractivity contribution in [3.8, 4) is 0 Å². The van der Waals surface area contributed by atoms with Crippen LogP contribution in [0.25, 0.3) is 0 Å². The number of hydrogen-bond donors (Lipinski definition) is 1. The summed E-state index contributed by atoms with van der Waals surface area (Å²) < 4.78 is 3.09. The minimum atomic E-state index is -0.244. The van der Waals surface area contributed by atoms with Crippen molar-refractivity contribution in [3.63, 3.8) is 0 Å². The Hall–Kier alpha value is -1.40. The van der Waals surface area contributed by atoms with E-state index in [9.17, 15) is 9.59 Å². The van der Waals surface area contributed by atoms with E-state index in [0.717, 1.165) is 8.95 Å². The Balaban J connectivity index is 2.12. The number of nitrogens with zero attached hydrogens (tertiary/aromatic N) is 1. The largest absolute Gasteiger partial charge is 0.325 e. The molecule has 2 rings (SSSR count). The standard InChI is InChI=1S/C14H12Br2N2O2/c1-9-6-11(16)7-18(14(9)20)8-13(19)17-12-4-2-10(15)3-5-12/h2-7H,8H2,1H3,(H,17,19). The summed E-state index contributed by atoms with van der Waals surface area (Å²) in [6.45, 7) is 1.70. The van der Waals surface area contributed by atoms with Crippen molar-refractivity contribution in [3.05, 3.63) is 61.4 Å². The van der Waals surface area contributed by atoms with E-state index in [0.29, 0.717) is 11.3 Å². The second-order valence-electron chi connectivity index (χ2n) is 4.33. The number of carbonyl (C=O) groups is 1. The van der Waals surface area contributed by atoms with Gasteiger partial charge in [-0.05, 0) is 53.2 Å². The van der Waals surface area contributed by atoms with Gasteiger partial charge in [-0.1, -0.05) is 15.9 Å². The zero-order chi connectivity index (χ0) is 14.7. The molecule has 1 aromatic heterocycles. The molecule has 1 heterocycles. The van der Waals surface area contributed by atoms with Crippen molar-refractivity contribution in [1.29, 1.82) is 0 Å². The number of aromatic nitrogens is 1. The normalized spacial score (nSPS) is 10.3. The molecule has 0 aliphatic carbocycles. The van der Waals surface area contributed by atoms with E-state index < -0.39 is 0 Å². The predicted molar refractivity (Wildman–Crippen MR) is 85.9 cm³/mol. The number of nitrogens with one attached hydrogen (secondary N) is 1. The van der Waals surface area contributed by atoms with Crippen molar-refractivity contribution in [2.45, 2.75) is 13.5 Å². The summed E-state index contributed by atoms with van der Waals surface area (Å²) >= 11 is 6.64. The number of amides is 1. The summed E-state index contributed by atoms with van der Waals surface area (Å²) in [5.41, 5.74) is 1.12. The first-order valence-corrected chi connectivity index (χ1v) is 7.46. The van der Waals surface area contributed by atoms with Crippen molar-refractivity contribution in [1.82, 2.24) is 4.57 Å². The van der Waals surface area contributed by atoms with E-state index in [4.69, 9.17) is 0 Å². The summed E-state index contributed by atoms with van der Waals surface area (Å²) in [6.07, 6.45) is 1.61. The SMILES string of the molecule is Cc1cc(Br)cn(CC(=O)Nc2ccc(Br)cc2)c1=O. The maximum Gasteiger partial charge on any atom is 0.253 e. The second kappa shape index (κ2) is 6.37. The number of benzene rings is 1. The third-order valence-corrected chi connectivity index (χ3v) is 3.64. The Morgan fingerprint density at radius 3 is 2.50 bits per heavy atom. The molecule has 0 aliphatic heterocycles. The third-order valence-electron chi connectivity index (χ3n) is 2.67. The van der Waals surface area contributed by atoms with E-state index in [1.807, 2.05) is 12.1 Å². The van der Waals surface area contributed by atoms with Crippen LogP contribution in [0.4, 0.5) is 5.69 Å². The molecule has 20 heavy (non-hydrogen) atoms. The molecule has 0 saturated heterocycles. The van der Waals surface area contributed by atoms with Crippen LogP contribution in [-0.4, -0.2) is 10.5 Å². The number of hydrogen-bond acceptors (Lipinski definition) is 2. The van der Waals surface area contributed by atoms with E-state index in [2.05, 4.69) is 37.2 Å². The number of aryl methyl sites for hydroxylation is 1. The Labute approximate surface area is 133 Å². The lowest BCUT2D eigenvalue weighted by Crippen LogP contribution is -2.28. The molecule has 104 valence electrons. The van der Waals surface area contributed by atoms with Crippen LogP contribution < -0.4 is 10.9 Å². The fraction of sp³-hybridized carbons (Fsp3) is 0.143.